The van der Waals surface area contributed by atoms with Gasteiger partial charge in [-0.15, -0.1) is 11.3 Å². The molecule has 0 aliphatic carbocycles. The Bertz CT molecular complexity index is 373. The van der Waals surface area contributed by atoms with E-state index >= 15 is 0 Å². The van der Waals surface area contributed by atoms with Gasteiger partial charge in [-0.3, -0.25) is 4.79 Å². The number of amides is 1. The van der Waals surface area contributed by atoms with Crippen LogP contribution in [0.2, 0.25) is 0 Å². The Morgan fingerprint density at radius 2 is 2.25 bits per heavy atom. The summed E-state index contributed by atoms with van der Waals surface area (Å²) in [5, 5.41) is 11.0. The van der Waals surface area contributed by atoms with Gasteiger partial charge in [0, 0.05) is 18.5 Å². The van der Waals surface area contributed by atoms with Crippen molar-refractivity contribution in [2.45, 2.75) is 19.4 Å². The molecule has 0 saturated heterocycles. The monoisotopic (exact) mass is 243 g/mol. The van der Waals surface area contributed by atoms with Crippen molar-refractivity contribution in [2.75, 3.05) is 20.8 Å². The zero-order valence-corrected chi connectivity index (χ0v) is 10.8. The lowest BCUT2D eigenvalue weighted by atomic mass is 10.1. The molecule has 1 heterocycles. The summed E-state index contributed by atoms with van der Waals surface area (Å²) in [6.07, 6.45) is 0. The molecule has 1 amide bonds. The molecule has 0 atom stereocenters. The molecule has 0 aliphatic heterocycles. The van der Waals surface area contributed by atoms with E-state index in [1.165, 1.54) is 16.2 Å². The molecular formula is C11H17NO3S. The van der Waals surface area contributed by atoms with E-state index in [4.69, 9.17) is 4.74 Å². The molecule has 0 aromatic carbocycles. The highest BCUT2D eigenvalue weighted by Crippen LogP contribution is 2.24. The third-order valence-corrected chi connectivity index (χ3v) is 3.52. The minimum Gasteiger partial charge on any atom is -0.496 e. The number of nitrogens with zero attached hydrogens (tertiary/aromatic N) is 1. The molecule has 0 unspecified atom stereocenters. The molecule has 5 heteroatoms. The molecule has 0 fully saturated rings. The maximum Gasteiger partial charge on any atom is 0.264 e. The fourth-order valence-corrected chi connectivity index (χ4v) is 1.91. The van der Waals surface area contributed by atoms with E-state index in [-0.39, 0.29) is 12.5 Å². The summed E-state index contributed by atoms with van der Waals surface area (Å²) in [4.78, 5) is 14.2. The number of thiophene rings is 1. The second kappa shape index (κ2) is 4.84. The van der Waals surface area contributed by atoms with Gasteiger partial charge in [0.05, 0.1) is 24.1 Å². The van der Waals surface area contributed by atoms with Crippen molar-refractivity contribution >= 4 is 17.2 Å². The first-order chi connectivity index (χ1) is 7.42. The molecule has 0 spiro atoms. The summed E-state index contributed by atoms with van der Waals surface area (Å²) in [5.41, 5.74) is -0.561. The van der Waals surface area contributed by atoms with Gasteiger partial charge in [0.2, 0.25) is 0 Å². The van der Waals surface area contributed by atoms with E-state index in [2.05, 4.69) is 0 Å². The Kier molecular flexibility index (Phi) is 3.93. The van der Waals surface area contributed by atoms with Crippen molar-refractivity contribution in [3.63, 3.8) is 0 Å². The predicted octanol–water partition coefficient (Wildman–Crippen LogP) is 1.60. The van der Waals surface area contributed by atoms with Gasteiger partial charge >= 0.3 is 0 Å². The number of rotatable bonds is 4. The Hall–Kier alpha value is -1.07. The Morgan fingerprint density at radius 1 is 1.62 bits per heavy atom. The molecule has 90 valence electrons. The Labute approximate surface area is 99.5 Å². The first kappa shape index (κ1) is 13.0. The van der Waals surface area contributed by atoms with Crippen LogP contribution in [0.3, 0.4) is 0 Å². The molecule has 0 bridgehead atoms. The lowest BCUT2D eigenvalue weighted by Crippen LogP contribution is -2.47. The summed E-state index contributed by atoms with van der Waals surface area (Å²) >= 11 is 1.34. The van der Waals surface area contributed by atoms with Crippen LogP contribution < -0.4 is 4.74 Å². The highest BCUT2D eigenvalue weighted by molar-refractivity contribution is 7.12. The molecule has 1 aromatic heterocycles. The quantitative estimate of drug-likeness (QED) is 0.874. The zero-order chi connectivity index (χ0) is 12.3. The second-order valence-electron chi connectivity index (χ2n) is 4.19. The fourth-order valence-electron chi connectivity index (χ4n) is 1.08. The van der Waals surface area contributed by atoms with Crippen molar-refractivity contribution in [1.29, 1.82) is 0 Å². The van der Waals surface area contributed by atoms with Crippen molar-refractivity contribution in [3.8, 4) is 5.75 Å². The van der Waals surface area contributed by atoms with Crippen LogP contribution in [0.1, 0.15) is 23.5 Å². The molecule has 0 saturated carbocycles. The fraction of sp³-hybridized carbons (Fsp3) is 0.545. The van der Waals surface area contributed by atoms with Crippen molar-refractivity contribution in [2.24, 2.45) is 0 Å². The van der Waals surface area contributed by atoms with E-state index in [1.807, 2.05) is 13.8 Å². The van der Waals surface area contributed by atoms with Crippen LogP contribution in [-0.4, -0.2) is 42.2 Å². The minimum atomic E-state index is -0.561. The van der Waals surface area contributed by atoms with Gasteiger partial charge in [0.15, 0.2) is 0 Å². The van der Waals surface area contributed by atoms with E-state index in [0.717, 1.165) is 0 Å². The van der Waals surface area contributed by atoms with Gasteiger partial charge in [-0.25, -0.2) is 0 Å². The molecule has 0 aliphatic rings. The van der Waals surface area contributed by atoms with Gasteiger partial charge in [0.1, 0.15) is 5.75 Å². The topological polar surface area (TPSA) is 49.8 Å². The molecule has 1 aromatic rings. The third-order valence-electron chi connectivity index (χ3n) is 2.62. The summed E-state index contributed by atoms with van der Waals surface area (Å²) in [7, 11) is 3.25. The molecule has 0 radical (unpaired) electrons. The van der Waals surface area contributed by atoms with Crippen LogP contribution >= 0.6 is 11.3 Å². The van der Waals surface area contributed by atoms with Crippen molar-refractivity contribution in [1.82, 2.24) is 4.90 Å². The lowest BCUT2D eigenvalue weighted by molar-refractivity contribution is 0.0477. The average Bonchev–Trinajstić information content (AvgIpc) is 2.75. The van der Waals surface area contributed by atoms with Gasteiger partial charge in [0.25, 0.3) is 5.91 Å². The van der Waals surface area contributed by atoms with Crippen molar-refractivity contribution < 1.29 is 14.6 Å². The summed E-state index contributed by atoms with van der Waals surface area (Å²) < 4.78 is 5.03. The van der Waals surface area contributed by atoms with E-state index < -0.39 is 5.54 Å². The largest absolute Gasteiger partial charge is 0.496 e. The number of aliphatic hydroxyl groups is 1. The lowest BCUT2D eigenvalue weighted by Gasteiger charge is -2.33. The number of methoxy groups -OCH3 is 1. The first-order valence-electron chi connectivity index (χ1n) is 4.94. The van der Waals surface area contributed by atoms with Crippen molar-refractivity contribution in [3.05, 3.63) is 16.3 Å². The number of aliphatic hydroxyl groups excluding tert-OH is 1. The van der Waals surface area contributed by atoms with Crippen LogP contribution in [-0.2, 0) is 0 Å². The molecule has 1 N–H and O–H groups in total. The van der Waals surface area contributed by atoms with Crippen LogP contribution in [0, 0.1) is 0 Å². The Balaban J connectivity index is 2.85. The molecule has 4 nitrogen and oxygen atoms in total. The maximum absolute atomic E-state index is 12.0. The Morgan fingerprint density at radius 3 is 2.69 bits per heavy atom. The van der Waals surface area contributed by atoms with Crippen LogP contribution in [0.25, 0.3) is 0 Å². The number of ether oxygens (including phenoxy) is 1. The van der Waals surface area contributed by atoms with Crippen LogP contribution in [0.4, 0.5) is 0 Å². The van der Waals surface area contributed by atoms with Gasteiger partial charge < -0.3 is 14.7 Å². The van der Waals surface area contributed by atoms with Gasteiger partial charge in [-0.2, -0.15) is 0 Å². The number of hydrogen-bond acceptors (Lipinski definition) is 4. The molecule has 1 rings (SSSR count). The first-order valence-corrected chi connectivity index (χ1v) is 5.82. The maximum atomic E-state index is 12.0. The molecule has 16 heavy (non-hydrogen) atoms. The van der Waals surface area contributed by atoms with Gasteiger partial charge in [-0.05, 0) is 13.8 Å². The van der Waals surface area contributed by atoms with Crippen LogP contribution in [0.15, 0.2) is 11.4 Å². The minimum absolute atomic E-state index is 0.0717. The predicted molar refractivity (Wildman–Crippen MR) is 64.1 cm³/mol. The molecular weight excluding hydrogens is 226 g/mol. The van der Waals surface area contributed by atoms with E-state index in [9.17, 15) is 9.90 Å². The summed E-state index contributed by atoms with van der Waals surface area (Å²) in [6, 6.07) is 1.71. The average molecular weight is 243 g/mol. The smallest absolute Gasteiger partial charge is 0.264 e. The number of carbonyl (C=O) groups excluding carboxylic acids is 1. The number of carbonyl (C=O) groups is 1. The van der Waals surface area contributed by atoms with E-state index in [1.54, 1.807) is 25.6 Å². The van der Waals surface area contributed by atoms with Gasteiger partial charge in [-0.1, -0.05) is 0 Å². The number of likely N-dealkylation sites (N-methyl/N-ethyl adjacent to an activating group) is 1. The highest BCUT2D eigenvalue weighted by atomic mass is 32.1. The van der Waals surface area contributed by atoms with Crippen LogP contribution in [0.5, 0.6) is 5.75 Å². The standard InChI is InChI=1S/C11H17NO3S/c1-11(2,7-13)12(3)10(14)9-5-8(15-4)6-16-9/h5-6,13H,7H2,1-4H3. The summed E-state index contributed by atoms with van der Waals surface area (Å²) in [6.45, 7) is 3.56. The normalized spacial score (nSPS) is 11.3. The third kappa shape index (κ3) is 2.54. The summed E-state index contributed by atoms with van der Waals surface area (Å²) in [5.74, 6) is 0.580. The SMILES string of the molecule is COc1csc(C(=O)N(C)C(C)(C)CO)c1. The highest BCUT2D eigenvalue weighted by Gasteiger charge is 2.28. The zero-order valence-electron chi connectivity index (χ0n) is 9.98. The second-order valence-corrected chi connectivity index (χ2v) is 5.10. The number of hydrogen-bond donors (Lipinski definition) is 1. The van der Waals surface area contributed by atoms with E-state index in [0.29, 0.717) is 10.6 Å².